The molecule has 28 heavy (non-hydrogen) atoms. The van der Waals surface area contributed by atoms with Crippen molar-refractivity contribution >= 4 is 17.7 Å². The second kappa shape index (κ2) is 9.37. The van der Waals surface area contributed by atoms with Gasteiger partial charge in [-0.05, 0) is 44.5 Å². The van der Waals surface area contributed by atoms with Crippen molar-refractivity contribution in [3.63, 3.8) is 0 Å². The van der Waals surface area contributed by atoms with Gasteiger partial charge >= 0.3 is 6.09 Å². The molecule has 0 radical (unpaired) electrons. The number of quaternary nitrogens is 1. The Morgan fingerprint density at radius 1 is 1.04 bits per heavy atom. The fraction of sp³-hybridized carbons (Fsp3) is 0.364. The van der Waals surface area contributed by atoms with Gasteiger partial charge in [-0.2, -0.15) is 0 Å². The monoisotopic (exact) mass is 384 g/mol. The Morgan fingerprint density at radius 2 is 1.71 bits per heavy atom. The van der Waals surface area contributed by atoms with Crippen LogP contribution in [0.4, 0.5) is 10.5 Å². The van der Waals surface area contributed by atoms with Gasteiger partial charge in [0.25, 0.3) is 5.91 Å². The minimum atomic E-state index is -0.587. The predicted octanol–water partition coefficient (Wildman–Crippen LogP) is 2.65. The number of hydrogen-bond acceptors (Lipinski definition) is 3. The maximum Gasteiger partial charge on any atom is 0.412 e. The fourth-order valence-electron chi connectivity index (χ4n) is 2.75. The Morgan fingerprint density at radius 3 is 2.32 bits per heavy atom. The van der Waals surface area contributed by atoms with Crippen LogP contribution < -0.4 is 15.5 Å². The molecule has 0 spiro atoms. The van der Waals surface area contributed by atoms with Gasteiger partial charge in [0.2, 0.25) is 0 Å². The molecule has 0 fully saturated rings. The number of benzene rings is 2. The molecule has 0 aliphatic heterocycles. The van der Waals surface area contributed by atoms with Crippen LogP contribution in [0.3, 0.4) is 0 Å². The molecule has 0 aromatic heterocycles. The van der Waals surface area contributed by atoms with E-state index in [-0.39, 0.29) is 11.9 Å². The Hall–Kier alpha value is -2.86. The number of amides is 2. The molecule has 0 heterocycles. The van der Waals surface area contributed by atoms with Crippen LogP contribution >= 0.6 is 0 Å². The van der Waals surface area contributed by atoms with Gasteiger partial charge in [0, 0.05) is 11.3 Å². The Bertz CT molecular complexity index is 798. The van der Waals surface area contributed by atoms with E-state index in [4.69, 9.17) is 4.74 Å². The third kappa shape index (κ3) is 7.04. The number of ether oxygens (including phenoxy) is 1. The molecular weight excluding hydrogens is 354 g/mol. The molecule has 3 N–H and O–H groups in total. The average Bonchev–Trinajstić information content (AvgIpc) is 2.60. The van der Waals surface area contributed by atoms with Crippen molar-refractivity contribution in [2.24, 2.45) is 0 Å². The minimum absolute atomic E-state index is 0.110. The van der Waals surface area contributed by atoms with Crippen LogP contribution in [0.25, 0.3) is 0 Å². The first-order valence-electron chi connectivity index (χ1n) is 9.39. The number of likely N-dealkylation sites (N-methyl/N-ethyl adjacent to an activating group) is 1. The van der Waals surface area contributed by atoms with Gasteiger partial charge in [-0.3, -0.25) is 10.1 Å². The van der Waals surface area contributed by atoms with E-state index < -0.39 is 11.7 Å². The number of carbonyl (C=O) groups excluding carboxylic acids is 2. The van der Waals surface area contributed by atoms with Crippen molar-refractivity contribution in [1.82, 2.24) is 5.32 Å². The second-order valence-corrected chi connectivity index (χ2v) is 8.06. The molecule has 2 aromatic rings. The Kier molecular flexibility index (Phi) is 7.18. The maximum atomic E-state index is 12.8. The molecule has 0 bridgehead atoms. The van der Waals surface area contributed by atoms with Crippen LogP contribution in [-0.2, 0) is 4.74 Å². The molecule has 2 amide bonds. The van der Waals surface area contributed by atoms with Crippen LogP contribution in [0.5, 0.6) is 0 Å². The maximum absolute atomic E-state index is 12.8. The Balaban J connectivity index is 2.11. The van der Waals surface area contributed by atoms with Gasteiger partial charge in [-0.15, -0.1) is 0 Å². The number of nitrogens with one attached hydrogen (secondary N) is 3. The van der Waals surface area contributed by atoms with Crippen molar-refractivity contribution in [1.29, 1.82) is 0 Å². The molecule has 6 nitrogen and oxygen atoms in total. The number of anilines is 1. The first kappa shape index (κ1) is 21.4. The van der Waals surface area contributed by atoms with E-state index in [1.807, 2.05) is 44.4 Å². The van der Waals surface area contributed by atoms with Gasteiger partial charge in [0.05, 0.1) is 14.1 Å². The normalized spacial score (nSPS) is 12.4. The van der Waals surface area contributed by atoms with E-state index in [9.17, 15) is 9.59 Å². The second-order valence-electron chi connectivity index (χ2n) is 8.06. The first-order chi connectivity index (χ1) is 13.1. The van der Waals surface area contributed by atoms with E-state index in [1.54, 1.807) is 45.0 Å². The summed E-state index contributed by atoms with van der Waals surface area (Å²) in [6, 6.07) is 16.6. The number of rotatable bonds is 6. The zero-order valence-corrected chi connectivity index (χ0v) is 17.2. The number of carbonyl (C=O) groups is 2. The van der Waals surface area contributed by atoms with E-state index in [0.717, 1.165) is 12.1 Å². The van der Waals surface area contributed by atoms with Gasteiger partial charge < -0.3 is 15.0 Å². The largest absolute Gasteiger partial charge is 0.444 e. The van der Waals surface area contributed by atoms with E-state index in [0.29, 0.717) is 11.3 Å². The summed E-state index contributed by atoms with van der Waals surface area (Å²) in [7, 11) is 4.10. The highest BCUT2D eigenvalue weighted by molar-refractivity contribution is 5.96. The summed E-state index contributed by atoms with van der Waals surface area (Å²) in [5, 5.41) is 5.76. The standard InChI is InChI=1S/C22H29N3O3/c1-22(2,3)28-21(27)23-18-13-9-12-17(14-18)20(26)24-19(15-25(4)5)16-10-7-6-8-11-16/h6-14,19H,15H2,1-5H3,(H,23,27)(H,24,26)/p+1/t19-/m1/s1. The Labute approximate surface area is 166 Å². The molecule has 1 atom stereocenters. The molecule has 2 rings (SSSR count). The highest BCUT2D eigenvalue weighted by atomic mass is 16.6. The topological polar surface area (TPSA) is 71.9 Å². The quantitative estimate of drug-likeness (QED) is 0.717. The van der Waals surface area contributed by atoms with Gasteiger partial charge in [0.1, 0.15) is 18.2 Å². The highest BCUT2D eigenvalue weighted by Crippen LogP contribution is 2.16. The summed E-state index contributed by atoms with van der Waals surface area (Å²) in [5.41, 5.74) is 1.45. The van der Waals surface area contributed by atoms with Crippen LogP contribution in [0.2, 0.25) is 0 Å². The minimum Gasteiger partial charge on any atom is -0.444 e. The first-order valence-corrected chi connectivity index (χ1v) is 9.39. The van der Waals surface area contributed by atoms with Crippen molar-refractivity contribution < 1.29 is 19.2 Å². The van der Waals surface area contributed by atoms with Gasteiger partial charge in [-0.1, -0.05) is 36.4 Å². The van der Waals surface area contributed by atoms with E-state index in [2.05, 4.69) is 10.6 Å². The van der Waals surface area contributed by atoms with Crippen LogP contribution in [-0.4, -0.2) is 38.2 Å². The molecular formula is C22H30N3O3+. The SMILES string of the molecule is C[NH+](C)C[C@@H](NC(=O)c1cccc(NC(=O)OC(C)(C)C)c1)c1ccccc1. The van der Waals surface area contributed by atoms with Crippen LogP contribution in [0.1, 0.15) is 42.7 Å². The van der Waals surface area contributed by atoms with Crippen molar-refractivity contribution in [3.8, 4) is 0 Å². The third-order valence-corrected chi connectivity index (χ3v) is 3.89. The van der Waals surface area contributed by atoms with Gasteiger partial charge in [-0.25, -0.2) is 4.79 Å². The van der Waals surface area contributed by atoms with Crippen LogP contribution in [0, 0.1) is 0 Å². The lowest BCUT2D eigenvalue weighted by molar-refractivity contribution is -0.860. The molecule has 0 aliphatic carbocycles. The summed E-state index contributed by atoms with van der Waals surface area (Å²) in [4.78, 5) is 26.0. The van der Waals surface area contributed by atoms with E-state index in [1.165, 1.54) is 4.90 Å². The van der Waals surface area contributed by atoms with Gasteiger partial charge in [0.15, 0.2) is 0 Å². The molecule has 0 unspecified atom stereocenters. The van der Waals surface area contributed by atoms with E-state index >= 15 is 0 Å². The molecule has 6 heteroatoms. The summed E-state index contributed by atoms with van der Waals surface area (Å²) in [6.07, 6.45) is -0.552. The molecule has 2 aromatic carbocycles. The summed E-state index contributed by atoms with van der Waals surface area (Å²) in [5.74, 6) is -0.192. The molecule has 0 aliphatic rings. The summed E-state index contributed by atoms with van der Waals surface area (Å²) in [6.45, 7) is 6.15. The lowest BCUT2D eigenvalue weighted by atomic mass is 10.1. The van der Waals surface area contributed by atoms with Crippen molar-refractivity contribution in [2.45, 2.75) is 32.4 Å². The zero-order valence-electron chi connectivity index (χ0n) is 17.2. The summed E-state index contributed by atoms with van der Waals surface area (Å²) < 4.78 is 5.25. The van der Waals surface area contributed by atoms with Crippen molar-refractivity contribution in [3.05, 3.63) is 65.7 Å². The number of hydrogen-bond donors (Lipinski definition) is 3. The summed E-state index contributed by atoms with van der Waals surface area (Å²) >= 11 is 0. The third-order valence-electron chi connectivity index (χ3n) is 3.89. The lowest BCUT2D eigenvalue weighted by Crippen LogP contribution is -3.06. The zero-order chi connectivity index (χ0) is 20.7. The molecule has 150 valence electrons. The molecule has 0 saturated heterocycles. The predicted molar refractivity (Wildman–Crippen MR) is 111 cm³/mol. The molecule has 0 saturated carbocycles. The van der Waals surface area contributed by atoms with Crippen molar-refractivity contribution in [2.75, 3.05) is 26.0 Å². The highest BCUT2D eigenvalue weighted by Gasteiger charge is 2.20. The fourth-order valence-corrected chi connectivity index (χ4v) is 2.75. The lowest BCUT2D eigenvalue weighted by Gasteiger charge is -2.21. The van der Waals surface area contributed by atoms with Crippen LogP contribution in [0.15, 0.2) is 54.6 Å². The smallest absolute Gasteiger partial charge is 0.412 e. The average molecular weight is 385 g/mol.